The van der Waals surface area contributed by atoms with Crippen molar-refractivity contribution < 1.29 is 4.79 Å². The summed E-state index contributed by atoms with van der Waals surface area (Å²) < 4.78 is 3.61. The van der Waals surface area contributed by atoms with Gasteiger partial charge in [-0.25, -0.2) is 9.67 Å². The molecule has 7 heteroatoms. The van der Waals surface area contributed by atoms with Gasteiger partial charge in [0.1, 0.15) is 5.82 Å². The number of para-hydroxylation sites is 1. The normalized spacial score (nSPS) is 11.1. The van der Waals surface area contributed by atoms with Crippen LogP contribution in [-0.4, -0.2) is 30.5 Å². The van der Waals surface area contributed by atoms with Crippen molar-refractivity contribution in [2.75, 3.05) is 0 Å². The van der Waals surface area contributed by atoms with E-state index in [-0.39, 0.29) is 11.7 Å². The molecule has 0 aliphatic rings. The molecular formula is C24H26N6O. The van der Waals surface area contributed by atoms with Crippen LogP contribution in [0, 0.1) is 6.92 Å². The van der Waals surface area contributed by atoms with Crippen LogP contribution in [0.4, 0.5) is 0 Å². The minimum Gasteiger partial charge on any atom is -0.345 e. The molecule has 0 saturated carbocycles. The molecule has 0 aliphatic carbocycles. The van der Waals surface area contributed by atoms with E-state index in [1.54, 1.807) is 10.9 Å². The van der Waals surface area contributed by atoms with Gasteiger partial charge in [-0.2, -0.15) is 5.10 Å². The first-order chi connectivity index (χ1) is 15.0. The van der Waals surface area contributed by atoms with Crippen molar-refractivity contribution in [1.82, 2.24) is 29.9 Å². The number of carbonyl (C=O) groups excluding carboxylic acids is 1. The van der Waals surface area contributed by atoms with Crippen molar-refractivity contribution in [1.29, 1.82) is 0 Å². The summed E-state index contributed by atoms with van der Waals surface area (Å²) in [6, 6.07) is 18.1. The van der Waals surface area contributed by atoms with Gasteiger partial charge in [0.25, 0.3) is 5.91 Å². The quantitative estimate of drug-likeness (QED) is 0.498. The Labute approximate surface area is 181 Å². The van der Waals surface area contributed by atoms with Crippen molar-refractivity contribution >= 4 is 5.91 Å². The molecule has 31 heavy (non-hydrogen) atoms. The summed E-state index contributed by atoms with van der Waals surface area (Å²) in [5.41, 5.74) is 4.25. The van der Waals surface area contributed by atoms with Crippen LogP contribution in [-0.2, 0) is 13.1 Å². The fourth-order valence-corrected chi connectivity index (χ4v) is 3.56. The lowest BCUT2D eigenvalue weighted by molar-refractivity contribution is 0.0940. The highest BCUT2D eigenvalue weighted by atomic mass is 16.2. The molecule has 0 unspecified atom stereocenters. The predicted octanol–water partition coefficient (Wildman–Crippen LogP) is 3.87. The smallest absolute Gasteiger partial charge is 0.291 e. The fourth-order valence-electron chi connectivity index (χ4n) is 3.56. The van der Waals surface area contributed by atoms with Crippen molar-refractivity contribution in [2.45, 2.75) is 39.8 Å². The summed E-state index contributed by atoms with van der Waals surface area (Å²) in [7, 11) is 0. The lowest BCUT2D eigenvalue weighted by Gasteiger charge is -2.12. The zero-order chi connectivity index (χ0) is 21.8. The molecule has 0 bridgehead atoms. The monoisotopic (exact) mass is 414 g/mol. The second-order valence-electron chi connectivity index (χ2n) is 7.81. The molecule has 158 valence electrons. The maximum atomic E-state index is 12.7. The Hall–Kier alpha value is -3.74. The highest BCUT2D eigenvalue weighted by molar-refractivity contribution is 5.90. The zero-order valence-electron chi connectivity index (χ0n) is 18.0. The molecule has 1 amide bonds. The number of aromatic nitrogens is 5. The number of carbonyl (C=O) groups is 1. The van der Waals surface area contributed by atoms with E-state index in [0.717, 1.165) is 22.4 Å². The van der Waals surface area contributed by atoms with Crippen LogP contribution in [0.1, 0.15) is 52.9 Å². The molecular weight excluding hydrogens is 388 g/mol. The number of benzene rings is 2. The molecule has 0 fully saturated rings. The molecule has 0 atom stereocenters. The molecule has 0 saturated heterocycles. The highest BCUT2D eigenvalue weighted by Crippen LogP contribution is 2.23. The fraction of sp³-hybridized carbons (Fsp3) is 0.250. The maximum absolute atomic E-state index is 12.7. The standard InChI is InChI=1S/C24H26N6O/c1-17(2)21-10-4-5-11-22(21)30-18(3)27-23(28-30)24(31)25-15-19-8-6-9-20(14-19)16-29-13-7-12-26-29/h4-14,17H,15-16H2,1-3H3,(H,25,31). The highest BCUT2D eigenvalue weighted by Gasteiger charge is 2.17. The van der Waals surface area contributed by atoms with Crippen LogP contribution in [0.2, 0.25) is 0 Å². The van der Waals surface area contributed by atoms with Crippen LogP contribution in [0.3, 0.4) is 0 Å². The van der Waals surface area contributed by atoms with Gasteiger partial charge in [0.05, 0.1) is 12.2 Å². The molecule has 7 nitrogen and oxygen atoms in total. The van der Waals surface area contributed by atoms with Gasteiger partial charge in [0.2, 0.25) is 5.82 Å². The second-order valence-corrected chi connectivity index (χ2v) is 7.81. The predicted molar refractivity (Wildman–Crippen MR) is 119 cm³/mol. The van der Waals surface area contributed by atoms with E-state index in [4.69, 9.17) is 0 Å². The number of nitrogens with zero attached hydrogens (tertiary/aromatic N) is 5. The first-order valence-corrected chi connectivity index (χ1v) is 10.4. The summed E-state index contributed by atoms with van der Waals surface area (Å²) in [6.45, 7) is 7.23. The number of hydrogen-bond acceptors (Lipinski definition) is 4. The third kappa shape index (κ3) is 4.71. The van der Waals surface area contributed by atoms with Gasteiger partial charge in [-0.1, -0.05) is 56.3 Å². The molecule has 0 spiro atoms. The first-order valence-electron chi connectivity index (χ1n) is 10.4. The van der Waals surface area contributed by atoms with Gasteiger partial charge in [0, 0.05) is 18.9 Å². The molecule has 2 aromatic carbocycles. The Morgan fingerprint density at radius 1 is 1.06 bits per heavy atom. The Bertz CT molecular complexity index is 1180. The SMILES string of the molecule is Cc1nc(C(=O)NCc2cccc(Cn3cccn3)c2)nn1-c1ccccc1C(C)C. The number of amides is 1. The van der Waals surface area contributed by atoms with E-state index in [9.17, 15) is 4.79 Å². The Kier molecular flexibility index (Phi) is 5.93. The molecule has 4 rings (SSSR count). The van der Waals surface area contributed by atoms with Crippen LogP contribution < -0.4 is 5.32 Å². The minimum atomic E-state index is -0.290. The van der Waals surface area contributed by atoms with E-state index < -0.39 is 0 Å². The van der Waals surface area contributed by atoms with Gasteiger partial charge in [0.15, 0.2) is 0 Å². The first kappa shape index (κ1) is 20.5. The lowest BCUT2D eigenvalue weighted by atomic mass is 10.0. The van der Waals surface area contributed by atoms with Gasteiger partial charge in [-0.15, -0.1) is 5.10 Å². The van der Waals surface area contributed by atoms with Crippen LogP contribution in [0.5, 0.6) is 0 Å². The minimum absolute atomic E-state index is 0.170. The van der Waals surface area contributed by atoms with E-state index >= 15 is 0 Å². The number of aryl methyl sites for hydroxylation is 1. The van der Waals surface area contributed by atoms with Gasteiger partial charge in [-0.05, 0) is 41.7 Å². The maximum Gasteiger partial charge on any atom is 0.291 e. The number of rotatable bonds is 7. The van der Waals surface area contributed by atoms with Crippen molar-refractivity contribution in [3.63, 3.8) is 0 Å². The molecule has 0 radical (unpaired) electrons. The summed E-state index contributed by atoms with van der Waals surface area (Å²) in [4.78, 5) is 17.1. The number of hydrogen-bond donors (Lipinski definition) is 1. The van der Waals surface area contributed by atoms with E-state index in [2.05, 4.69) is 46.5 Å². The Morgan fingerprint density at radius 2 is 1.87 bits per heavy atom. The molecule has 2 aromatic heterocycles. The average molecular weight is 415 g/mol. The summed E-state index contributed by atoms with van der Waals surface area (Å²) in [6.07, 6.45) is 3.69. The molecule has 0 aliphatic heterocycles. The van der Waals surface area contributed by atoms with E-state index in [1.807, 2.05) is 60.3 Å². The van der Waals surface area contributed by atoms with Crippen LogP contribution in [0.15, 0.2) is 67.0 Å². The lowest BCUT2D eigenvalue weighted by Crippen LogP contribution is -2.24. The average Bonchev–Trinajstić information content (AvgIpc) is 3.42. The third-order valence-corrected chi connectivity index (χ3v) is 5.11. The second kappa shape index (κ2) is 8.95. The van der Waals surface area contributed by atoms with Gasteiger partial charge in [-0.3, -0.25) is 9.48 Å². The largest absolute Gasteiger partial charge is 0.345 e. The third-order valence-electron chi connectivity index (χ3n) is 5.11. The number of nitrogens with one attached hydrogen (secondary N) is 1. The molecule has 1 N–H and O–H groups in total. The van der Waals surface area contributed by atoms with Crippen molar-refractivity contribution in [3.05, 3.63) is 95.3 Å². The Morgan fingerprint density at radius 3 is 2.65 bits per heavy atom. The molecule has 2 heterocycles. The van der Waals surface area contributed by atoms with Crippen LogP contribution in [0.25, 0.3) is 5.69 Å². The van der Waals surface area contributed by atoms with Crippen molar-refractivity contribution in [3.8, 4) is 5.69 Å². The summed E-state index contributed by atoms with van der Waals surface area (Å²) in [5, 5.41) is 11.7. The van der Waals surface area contributed by atoms with Gasteiger partial charge >= 0.3 is 0 Å². The van der Waals surface area contributed by atoms with Gasteiger partial charge < -0.3 is 5.32 Å². The van der Waals surface area contributed by atoms with E-state index in [1.165, 1.54) is 0 Å². The zero-order valence-corrected chi connectivity index (χ0v) is 18.0. The molecule has 4 aromatic rings. The Balaban J connectivity index is 1.46. The summed E-state index contributed by atoms with van der Waals surface area (Å²) in [5.74, 6) is 0.899. The van der Waals surface area contributed by atoms with E-state index in [0.29, 0.717) is 24.8 Å². The van der Waals surface area contributed by atoms with Crippen molar-refractivity contribution in [2.24, 2.45) is 0 Å². The van der Waals surface area contributed by atoms with Crippen LogP contribution >= 0.6 is 0 Å². The summed E-state index contributed by atoms with van der Waals surface area (Å²) >= 11 is 0. The topological polar surface area (TPSA) is 77.6 Å².